The van der Waals surface area contributed by atoms with Gasteiger partial charge in [-0.1, -0.05) is 36.4 Å². The van der Waals surface area contributed by atoms with Crippen molar-refractivity contribution >= 4 is 34.6 Å². The molecule has 0 saturated carbocycles. The lowest BCUT2D eigenvalue weighted by Gasteiger charge is -2.25. The number of carbonyl (C=O) groups is 2. The van der Waals surface area contributed by atoms with Gasteiger partial charge >= 0.3 is 6.03 Å². The molecule has 0 radical (unpaired) electrons. The van der Waals surface area contributed by atoms with E-state index in [1.54, 1.807) is 27.9 Å². The fourth-order valence-corrected chi connectivity index (χ4v) is 3.60. The molecule has 0 fully saturated rings. The predicted octanol–water partition coefficient (Wildman–Crippen LogP) is 3.25. The fraction of sp³-hybridized carbons (Fsp3) is 0.261. The van der Waals surface area contributed by atoms with Gasteiger partial charge in [0.1, 0.15) is 5.69 Å². The van der Waals surface area contributed by atoms with Gasteiger partial charge in [0.2, 0.25) is 0 Å². The van der Waals surface area contributed by atoms with Crippen LogP contribution in [-0.4, -0.2) is 53.9 Å². The number of hydrogen-bond donors (Lipinski definition) is 3. The van der Waals surface area contributed by atoms with E-state index in [4.69, 9.17) is 5.73 Å². The Hall–Kier alpha value is -3.43. The molecule has 0 spiro atoms. The zero-order chi connectivity index (χ0) is 22.9. The van der Waals surface area contributed by atoms with Gasteiger partial charge in [0.15, 0.2) is 0 Å². The van der Waals surface area contributed by atoms with E-state index >= 15 is 0 Å². The molecule has 0 aliphatic heterocycles. The first-order valence-corrected chi connectivity index (χ1v) is 11.2. The number of aromatic nitrogens is 1. The molecule has 3 rings (SSSR count). The Morgan fingerprint density at radius 2 is 1.81 bits per heavy atom. The first-order valence-electron chi connectivity index (χ1n) is 10.2. The highest BCUT2D eigenvalue weighted by molar-refractivity contribution is 7.09. The van der Waals surface area contributed by atoms with Gasteiger partial charge in [-0.2, -0.15) is 0 Å². The highest BCUT2D eigenvalue weighted by Crippen LogP contribution is 2.23. The SMILES string of the molecule is CN(C)CCN(Cc1ccc(C(=O)Nc2cscc2N)nc1)C(=O)NCc1ccccc1. The number of nitrogens with two attached hydrogens (primary N) is 1. The number of pyridine rings is 1. The van der Waals surface area contributed by atoms with Crippen molar-refractivity contribution in [3.05, 3.63) is 76.2 Å². The second-order valence-electron chi connectivity index (χ2n) is 7.62. The van der Waals surface area contributed by atoms with E-state index in [1.165, 1.54) is 11.3 Å². The van der Waals surface area contributed by atoms with E-state index in [0.29, 0.717) is 31.0 Å². The van der Waals surface area contributed by atoms with E-state index < -0.39 is 0 Å². The molecule has 32 heavy (non-hydrogen) atoms. The molecule has 3 aromatic rings. The van der Waals surface area contributed by atoms with Crippen LogP contribution in [0.3, 0.4) is 0 Å². The lowest BCUT2D eigenvalue weighted by atomic mass is 10.2. The van der Waals surface area contributed by atoms with E-state index in [1.807, 2.05) is 55.4 Å². The molecule has 0 unspecified atom stereocenters. The maximum atomic E-state index is 12.8. The molecular weight excluding hydrogens is 424 g/mol. The van der Waals surface area contributed by atoms with Crippen LogP contribution in [0.2, 0.25) is 0 Å². The molecule has 168 valence electrons. The van der Waals surface area contributed by atoms with E-state index in [0.717, 1.165) is 17.7 Å². The number of nitrogen functional groups attached to an aromatic ring is 1. The maximum Gasteiger partial charge on any atom is 0.318 e. The zero-order valence-corrected chi connectivity index (χ0v) is 19.1. The number of urea groups is 1. The summed E-state index contributed by atoms with van der Waals surface area (Å²) in [4.78, 5) is 33.3. The molecule has 4 N–H and O–H groups in total. The minimum absolute atomic E-state index is 0.148. The Balaban J connectivity index is 1.62. The second kappa shape index (κ2) is 11.3. The molecule has 1 aromatic carbocycles. The number of rotatable bonds is 9. The lowest BCUT2D eigenvalue weighted by molar-refractivity contribution is 0.102. The van der Waals surface area contributed by atoms with E-state index in [-0.39, 0.29) is 17.6 Å². The predicted molar refractivity (Wildman–Crippen MR) is 129 cm³/mol. The van der Waals surface area contributed by atoms with Gasteiger partial charge in [-0.25, -0.2) is 4.79 Å². The van der Waals surface area contributed by atoms with Crippen molar-refractivity contribution < 1.29 is 9.59 Å². The fourth-order valence-electron chi connectivity index (χ4n) is 2.93. The molecule has 8 nitrogen and oxygen atoms in total. The molecule has 9 heteroatoms. The summed E-state index contributed by atoms with van der Waals surface area (Å²) in [7, 11) is 3.94. The summed E-state index contributed by atoms with van der Waals surface area (Å²) in [6, 6.07) is 13.1. The molecule has 3 amide bonds. The monoisotopic (exact) mass is 452 g/mol. The molecule has 0 saturated heterocycles. The van der Waals surface area contributed by atoms with Crippen molar-refractivity contribution in [1.82, 2.24) is 20.1 Å². The Bertz CT molecular complexity index is 1020. The van der Waals surface area contributed by atoms with Crippen LogP contribution in [0.4, 0.5) is 16.2 Å². The number of carbonyl (C=O) groups excluding carboxylic acids is 2. The van der Waals surface area contributed by atoms with Crippen LogP contribution < -0.4 is 16.4 Å². The highest BCUT2D eigenvalue weighted by atomic mass is 32.1. The molecule has 2 heterocycles. The number of amides is 3. The van der Waals surface area contributed by atoms with Crippen molar-refractivity contribution in [2.24, 2.45) is 0 Å². The number of benzene rings is 1. The van der Waals surface area contributed by atoms with Gasteiger partial charge in [0.25, 0.3) is 5.91 Å². The largest absolute Gasteiger partial charge is 0.396 e. The normalized spacial score (nSPS) is 10.7. The third kappa shape index (κ3) is 6.79. The van der Waals surface area contributed by atoms with Crippen molar-refractivity contribution in [1.29, 1.82) is 0 Å². The second-order valence-corrected chi connectivity index (χ2v) is 8.36. The molecule has 0 aliphatic carbocycles. The van der Waals surface area contributed by atoms with Crippen molar-refractivity contribution in [3.63, 3.8) is 0 Å². The average molecular weight is 453 g/mol. The van der Waals surface area contributed by atoms with Crippen LogP contribution >= 0.6 is 11.3 Å². The molecular formula is C23H28N6O2S. The van der Waals surface area contributed by atoms with Crippen LogP contribution in [-0.2, 0) is 13.1 Å². The Labute approximate surface area is 192 Å². The summed E-state index contributed by atoms with van der Waals surface area (Å²) in [6.45, 7) is 2.14. The smallest absolute Gasteiger partial charge is 0.318 e. The van der Waals surface area contributed by atoms with Gasteiger partial charge in [0, 0.05) is 43.1 Å². The minimum atomic E-state index is -0.327. The van der Waals surface area contributed by atoms with Crippen molar-refractivity contribution in [2.75, 3.05) is 38.2 Å². The molecule has 0 bridgehead atoms. The average Bonchev–Trinajstić information content (AvgIpc) is 3.20. The summed E-state index contributed by atoms with van der Waals surface area (Å²) >= 11 is 1.42. The zero-order valence-electron chi connectivity index (χ0n) is 18.2. The summed E-state index contributed by atoms with van der Waals surface area (Å²) < 4.78 is 0. The van der Waals surface area contributed by atoms with Gasteiger partial charge < -0.3 is 26.2 Å². The summed E-state index contributed by atoms with van der Waals surface area (Å²) in [5, 5.41) is 9.27. The number of thiophene rings is 1. The molecule has 2 aromatic heterocycles. The first-order chi connectivity index (χ1) is 15.4. The van der Waals surface area contributed by atoms with Crippen molar-refractivity contribution in [2.45, 2.75) is 13.1 Å². The number of likely N-dealkylation sites (N-methyl/N-ethyl adjacent to an activating group) is 1. The Kier molecular flexibility index (Phi) is 8.18. The first kappa shape index (κ1) is 23.2. The van der Waals surface area contributed by atoms with Gasteiger partial charge in [0.05, 0.1) is 11.4 Å². The van der Waals surface area contributed by atoms with Crippen LogP contribution in [0.25, 0.3) is 0 Å². The number of hydrogen-bond acceptors (Lipinski definition) is 6. The van der Waals surface area contributed by atoms with Crippen molar-refractivity contribution in [3.8, 4) is 0 Å². The standard InChI is InChI=1S/C23H28N6O2S/c1-28(2)10-11-29(23(31)26-12-17-6-4-3-5-7-17)14-18-8-9-20(25-13-18)22(30)27-21-16-32-15-19(21)24/h3-9,13,15-16H,10-12,14,24H2,1-2H3,(H,26,31)(H,27,30). The summed E-state index contributed by atoms with van der Waals surface area (Å²) in [5.74, 6) is -0.327. The van der Waals surface area contributed by atoms with Gasteiger partial charge in [-0.05, 0) is 31.3 Å². The van der Waals surface area contributed by atoms with Crippen LogP contribution in [0.5, 0.6) is 0 Å². The third-order valence-corrected chi connectivity index (χ3v) is 5.52. The third-order valence-electron chi connectivity index (χ3n) is 4.76. The highest BCUT2D eigenvalue weighted by Gasteiger charge is 2.15. The van der Waals surface area contributed by atoms with Crippen LogP contribution in [0, 0.1) is 0 Å². The quantitative estimate of drug-likeness (QED) is 0.462. The molecule has 0 atom stereocenters. The van der Waals surface area contributed by atoms with E-state index in [9.17, 15) is 9.59 Å². The molecule has 0 aliphatic rings. The minimum Gasteiger partial charge on any atom is -0.396 e. The lowest BCUT2D eigenvalue weighted by Crippen LogP contribution is -2.42. The maximum absolute atomic E-state index is 12.8. The summed E-state index contributed by atoms with van der Waals surface area (Å²) in [6.07, 6.45) is 1.62. The van der Waals surface area contributed by atoms with Crippen LogP contribution in [0.15, 0.2) is 59.4 Å². The Morgan fingerprint density at radius 3 is 2.44 bits per heavy atom. The van der Waals surface area contributed by atoms with Gasteiger partial charge in [-0.3, -0.25) is 9.78 Å². The Morgan fingerprint density at radius 1 is 1.03 bits per heavy atom. The number of nitrogens with zero attached hydrogens (tertiary/aromatic N) is 3. The number of nitrogens with one attached hydrogen (secondary N) is 2. The summed E-state index contributed by atoms with van der Waals surface area (Å²) in [5.41, 5.74) is 9.08. The number of anilines is 2. The van der Waals surface area contributed by atoms with Crippen LogP contribution in [0.1, 0.15) is 21.6 Å². The van der Waals surface area contributed by atoms with E-state index in [2.05, 4.69) is 15.6 Å². The van der Waals surface area contributed by atoms with Gasteiger partial charge in [-0.15, -0.1) is 11.3 Å². The topological polar surface area (TPSA) is 104 Å².